The first-order valence-corrected chi connectivity index (χ1v) is 11.2. The van der Waals surface area contributed by atoms with E-state index >= 15 is 0 Å². The summed E-state index contributed by atoms with van der Waals surface area (Å²) in [6.45, 7) is 3.83. The van der Waals surface area contributed by atoms with E-state index in [0.29, 0.717) is 16.9 Å². The fourth-order valence-electron chi connectivity index (χ4n) is 3.99. The van der Waals surface area contributed by atoms with Crippen molar-refractivity contribution in [3.05, 3.63) is 101 Å². The normalized spacial score (nSPS) is 11.9. The molecular weight excluding hydrogens is 442 g/mol. The van der Waals surface area contributed by atoms with Gasteiger partial charge in [0.25, 0.3) is 11.4 Å². The molecule has 0 aliphatic heterocycles. The van der Waals surface area contributed by atoms with Gasteiger partial charge < -0.3 is 9.84 Å². The summed E-state index contributed by atoms with van der Waals surface area (Å²) in [7, 11) is 0. The molecule has 0 aliphatic carbocycles. The molecule has 0 saturated heterocycles. The predicted octanol–water partition coefficient (Wildman–Crippen LogP) is 4.30. The average Bonchev–Trinajstić information content (AvgIpc) is 3.37. The highest BCUT2D eigenvalue weighted by Gasteiger charge is 2.18. The van der Waals surface area contributed by atoms with E-state index in [4.69, 9.17) is 4.52 Å². The first kappa shape index (κ1) is 22.2. The number of benzene rings is 2. The summed E-state index contributed by atoms with van der Waals surface area (Å²) in [5.74, 6) is 0.380. The molecule has 5 rings (SSSR count). The third kappa shape index (κ3) is 4.59. The van der Waals surface area contributed by atoms with E-state index in [1.54, 1.807) is 30.6 Å². The van der Waals surface area contributed by atoms with E-state index in [9.17, 15) is 9.59 Å². The zero-order chi connectivity index (χ0) is 24.4. The standard InChI is InChI=1S/C27H23N5O3/c1-17-7-9-19(10-8-17)18(2)29-24(33)16-32-23-6-4-3-5-21(23)22(15-25(32)34)27-30-26(31-35-27)20-11-13-28-14-12-20/h3-15,18H,16H2,1-2H3,(H,29,33)/t18-/m0/s1. The molecule has 0 aliphatic rings. The third-order valence-electron chi connectivity index (χ3n) is 5.87. The van der Waals surface area contributed by atoms with Crippen LogP contribution in [0.25, 0.3) is 33.7 Å². The lowest BCUT2D eigenvalue weighted by Crippen LogP contribution is -2.34. The lowest BCUT2D eigenvalue weighted by molar-refractivity contribution is -0.122. The Labute approximate surface area is 201 Å². The van der Waals surface area contributed by atoms with Crippen LogP contribution in [0.5, 0.6) is 0 Å². The van der Waals surface area contributed by atoms with Crippen LogP contribution in [0, 0.1) is 6.92 Å². The van der Waals surface area contributed by atoms with Crippen LogP contribution in [0.1, 0.15) is 24.1 Å². The quantitative estimate of drug-likeness (QED) is 0.401. The van der Waals surface area contributed by atoms with Crippen LogP contribution in [0.4, 0.5) is 0 Å². The third-order valence-corrected chi connectivity index (χ3v) is 5.87. The highest BCUT2D eigenvalue weighted by Crippen LogP contribution is 2.28. The number of hydrogen-bond acceptors (Lipinski definition) is 6. The van der Waals surface area contributed by atoms with Gasteiger partial charge in [-0.1, -0.05) is 53.2 Å². The Morgan fingerprint density at radius 3 is 2.57 bits per heavy atom. The molecule has 2 aromatic carbocycles. The van der Waals surface area contributed by atoms with Crippen molar-refractivity contribution >= 4 is 16.8 Å². The molecule has 8 nitrogen and oxygen atoms in total. The molecule has 0 spiro atoms. The van der Waals surface area contributed by atoms with Gasteiger partial charge >= 0.3 is 0 Å². The SMILES string of the molecule is Cc1ccc([C@H](C)NC(=O)Cn2c(=O)cc(-c3nc(-c4ccncc4)no3)c3ccccc32)cc1. The topological polar surface area (TPSA) is 103 Å². The molecule has 3 aromatic heterocycles. The number of aryl methyl sites for hydroxylation is 1. The van der Waals surface area contributed by atoms with Crippen molar-refractivity contribution in [2.45, 2.75) is 26.4 Å². The lowest BCUT2D eigenvalue weighted by atomic mass is 10.1. The highest BCUT2D eigenvalue weighted by molar-refractivity contribution is 5.93. The molecule has 1 atom stereocenters. The largest absolute Gasteiger partial charge is 0.348 e. The first-order valence-electron chi connectivity index (χ1n) is 11.2. The number of nitrogens with zero attached hydrogens (tertiary/aromatic N) is 4. The molecule has 0 fully saturated rings. The minimum atomic E-state index is -0.333. The van der Waals surface area contributed by atoms with Crippen molar-refractivity contribution in [1.29, 1.82) is 0 Å². The monoisotopic (exact) mass is 465 g/mol. The van der Waals surface area contributed by atoms with E-state index in [1.165, 1.54) is 10.6 Å². The van der Waals surface area contributed by atoms with Crippen LogP contribution in [0.15, 0.2) is 88.4 Å². The molecule has 5 aromatic rings. The number of aromatic nitrogens is 4. The van der Waals surface area contributed by atoms with Gasteiger partial charge in [0.2, 0.25) is 11.7 Å². The summed E-state index contributed by atoms with van der Waals surface area (Å²) >= 11 is 0. The van der Waals surface area contributed by atoms with Gasteiger partial charge in [0.1, 0.15) is 6.54 Å². The van der Waals surface area contributed by atoms with Crippen LogP contribution in [-0.4, -0.2) is 25.6 Å². The number of rotatable bonds is 6. The number of fused-ring (bicyclic) bond motifs is 1. The number of carbonyl (C=O) groups excluding carboxylic acids is 1. The molecule has 3 heterocycles. The van der Waals surface area contributed by atoms with E-state index in [1.807, 2.05) is 56.3 Å². The van der Waals surface area contributed by atoms with Gasteiger partial charge in [0.15, 0.2) is 0 Å². The van der Waals surface area contributed by atoms with Crippen LogP contribution < -0.4 is 10.9 Å². The second kappa shape index (κ2) is 9.34. The van der Waals surface area contributed by atoms with Crippen molar-refractivity contribution in [2.24, 2.45) is 0 Å². The highest BCUT2D eigenvalue weighted by atomic mass is 16.5. The molecule has 1 amide bonds. The molecule has 0 radical (unpaired) electrons. The Kier molecular flexibility index (Phi) is 5.93. The van der Waals surface area contributed by atoms with Crippen molar-refractivity contribution in [2.75, 3.05) is 0 Å². The van der Waals surface area contributed by atoms with Gasteiger partial charge in [-0.15, -0.1) is 0 Å². The van der Waals surface area contributed by atoms with Crippen molar-refractivity contribution in [3.63, 3.8) is 0 Å². The minimum Gasteiger partial charge on any atom is -0.348 e. The Morgan fingerprint density at radius 2 is 1.80 bits per heavy atom. The number of pyridine rings is 2. The van der Waals surface area contributed by atoms with E-state index in [-0.39, 0.29) is 29.9 Å². The predicted molar refractivity (Wildman–Crippen MR) is 132 cm³/mol. The lowest BCUT2D eigenvalue weighted by Gasteiger charge is -2.16. The number of nitrogens with one attached hydrogen (secondary N) is 1. The van der Waals surface area contributed by atoms with Crippen LogP contribution in [-0.2, 0) is 11.3 Å². The van der Waals surface area contributed by atoms with Crippen LogP contribution in [0.3, 0.4) is 0 Å². The molecule has 8 heteroatoms. The molecule has 0 bridgehead atoms. The number of carbonyl (C=O) groups is 1. The van der Waals surface area contributed by atoms with Crippen LogP contribution in [0.2, 0.25) is 0 Å². The van der Waals surface area contributed by atoms with E-state index in [0.717, 1.165) is 22.1 Å². The summed E-state index contributed by atoms with van der Waals surface area (Å²) in [5.41, 5.74) is 3.70. The fraction of sp³-hybridized carbons (Fsp3) is 0.148. The molecule has 1 N–H and O–H groups in total. The summed E-state index contributed by atoms with van der Waals surface area (Å²) in [5, 5.41) is 7.76. The van der Waals surface area contributed by atoms with Crippen molar-refractivity contribution in [3.8, 4) is 22.8 Å². The molecule has 35 heavy (non-hydrogen) atoms. The molecule has 0 unspecified atom stereocenters. The van der Waals surface area contributed by atoms with Gasteiger partial charge in [-0.2, -0.15) is 4.98 Å². The minimum absolute atomic E-state index is 0.109. The molecule has 174 valence electrons. The number of hydrogen-bond donors (Lipinski definition) is 1. The smallest absolute Gasteiger partial charge is 0.259 e. The Balaban J connectivity index is 1.45. The molecular formula is C27H23N5O3. The first-order chi connectivity index (χ1) is 17.0. The summed E-state index contributed by atoms with van der Waals surface area (Å²) in [4.78, 5) is 34.5. The second-order valence-electron chi connectivity index (χ2n) is 8.36. The van der Waals surface area contributed by atoms with Gasteiger partial charge in [0, 0.05) is 29.4 Å². The fourth-order valence-corrected chi connectivity index (χ4v) is 3.99. The average molecular weight is 466 g/mol. The van der Waals surface area contributed by atoms with E-state index in [2.05, 4.69) is 20.4 Å². The number of para-hydroxylation sites is 1. The van der Waals surface area contributed by atoms with Gasteiger partial charge in [0.05, 0.1) is 17.1 Å². The molecule has 0 saturated carbocycles. The maximum atomic E-state index is 13.1. The van der Waals surface area contributed by atoms with Gasteiger partial charge in [-0.3, -0.25) is 19.1 Å². The van der Waals surface area contributed by atoms with Crippen molar-refractivity contribution < 1.29 is 9.32 Å². The summed E-state index contributed by atoms with van der Waals surface area (Å²) in [6, 6.07) is 20.1. The van der Waals surface area contributed by atoms with Gasteiger partial charge in [-0.05, 0) is 37.6 Å². The maximum absolute atomic E-state index is 13.1. The Hall–Kier alpha value is -4.59. The van der Waals surface area contributed by atoms with Crippen LogP contribution >= 0.6 is 0 Å². The Bertz CT molecular complexity index is 1560. The maximum Gasteiger partial charge on any atom is 0.259 e. The zero-order valence-corrected chi connectivity index (χ0v) is 19.3. The second-order valence-corrected chi connectivity index (χ2v) is 8.36. The van der Waals surface area contributed by atoms with Crippen molar-refractivity contribution in [1.82, 2.24) is 25.0 Å². The zero-order valence-electron chi connectivity index (χ0n) is 19.3. The summed E-state index contributed by atoms with van der Waals surface area (Å²) in [6.07, 6.45) is 3.29. The number of amides is 1. The van der Waals surface area contributed by atoms with E-state index < -0.39 is 0 Å². The summed E-state index contributed by atoms with van der Waals surface area (Å²) < 4.78 is 6.94. The van der Waals surface area contributed by atoms with Gasteiger partial charge in [-0.25, -0.2) is 0 Å². The Morgan fingerprint density at radius 1 is 1.06 bits per heavy atom.